The summed E-state index contributed by atoms with van der Waals surface area (Å²) in [5.74, 6) is 2.21. The monoisotopic (exact) mass is 272 g/mol. The van der Waals surface area contributed by atoms with E-state index in [9.17, 15) is 4.79 Å². The SMILES string of the molecule is CN1CCSCC1C(=O)c1cccc2ccncc12. The van der Waals surface area contributed by atoms with Crippen LogP contribution in [0.15, 0.2) is 36.7 Å². The molecule has 2 heterocycles. The number of carbonyl (C=O) groups excluding carboxylic acids is 1. The van der Waals surface area contributed by atoms with E-state index in [1.165, 1.54) is 0 Å². The van der Waals surface area contributed by atoms with Gasteiger partial charge in [-0.25, -0.2) is 0 Å². The number of thioether (sulfide) groups is 1. The molecule has 1 aliphatic rings. The van der Waals surface area contributed by atoms with Crippen molar-refractivity contribution in [3.05, 3.63) is 42.2 Å². The van der Waals surface area contributed by atoms with Crippen LogP contribution in [-0.4, -0.2) is 46.8 Å². The van der Waals surface area contributed by atoms with Crippen molar-refractivity contribution in [2.45, 2.75) is 6.04 Å². The fraction of sp³-hybridized carbons (Fsp3) is 0.333. The van der Waals surface area contributed by atoms with Crippen molar-refractivity contribution in [2.24, 2.45) is 0 Å². The van der Waals surface area contributed by atoms with Gasteiger partial charge in [0.25, 0.3) is 0 Å². The van der Waals surface area contributed by atoms with Crippen LogP contribution >= 0.6 is 11.8 Å². The molecule has 1 saturated heterocycles. The van der Waals surface area contributed by atoms with E-state index in [0.717, 1.165) is 34.4 Å². The quantitative estimate of drug-likeness (QED) is 0.786. The van der Waals surface area contributed by atoms with Gasteiger partial charge in [0.05, 0.1) is 6.04 Å². The van der Waals surface area contributed by atoms with Crippen LogP contribution in [0, 0.1) is 0 Å². The lowest BCUT2D eigenvalue weighted by atomic mass is 9.99. The second-order valence-electron chi connectivity index (χ2n) is 4.84. The second kappa shape index (κ2) is 5.31. The summed E-state index contributed by atoms with van der Waals surface area (Å²) in [4.78, 5) is 19.1. The Balaban J connectivity index is 2.01. The zero-order valence-electron chi connectivity index (χ0n) is 10.9. The molecule has 1 unspecified atom stereocenters. The third kappa shape index (κ3) is 2.38. The first-order chi connectivity index (χ1) is 9.27. The number of ketones is 1. The van der Waals surface area contributed by atoms with Gasteiger partial charge < -0.3 is 0 Å². The second-order valence-corrected chi connectivity index (χ2v) is 5.99. The number of benzene rings is 1. The number of pyridine rings is 1. The third-order valence-electron chi connectivity index (χ3n) is 3.65. The average molecular weight is 272 g/mol. The van der Waals surface area contributed by atoms with E-state index in [-0.39, 0.29) is 11.8 Å². The van der Waals surface area contributed by atoms with Crippen LogP contribution in [0.25, 0.3) is 10.8 Å². The summed E-state index contributed by atoms with van der Waals surface area (Å²) in [7, 11) is 2.03. The zero-order valence-corrected chi connectivity index (χ0v) is 11.7. The van der Waals surface area contributed by atoms with Crippen LogP contribution in [0.3, 0.4) is 0 Å². The van der Waals surface area contributed by atoms with Crippen molar-refractivity contribution in [1.82, 2.24) is 9.88 Å². The largest absolute Gasteiger partial charge is 0.295 e. The summed E-state index contributed by atoms with van der Waals surface area (Å²) in [5.41, 5.74) is 0.796. The third-order valence-corrected chi connectivity index (χ3v) is 4.67. The molecule has 0 amide bonds. The van der Waals surface area contributed by atoms with Crippen molar-refractivity contribution < 1.29 is 4.79 Å². The van der Waals surface area contributed by atoms with Gasteiger partial charge in [-0.2, -0.15) is 11.8 Å². The van der Waals surface area contributed by atoms with E-state index < -0.39 is 0 Å². The maximum Gasteiger partial charge on any atom is 0.181 e. The predicted molar refractivity (Wildman–Crippen MR) is 79.8 cm³/mol. The Morgan fingerprint density at radius 1 is 1.42 bits per heavy atom. The van der Waals surface area contributed by atoms with E-state index in [4.69, 9.17) is 0 Å². The van der Waals surface area contributed by atoms with Gasteiger partial charge in [0.2, 0.25) is 0 Å². The highest BCUT2D eigenvalue weighted by molar-refractivity contribution is 7.99. The lowest BCUT2D eigenvalue weighted by Crippen LogP contribution is -2.44. The van der Waals surface area contributed by atoms with E-state index in [0.29, 0.717) is 0 Å². The summed E-state index contributed by atoms with van der Waals surface area (Å²) in [6.07, 6.45) is 3.55. The number of fused-ring (bicyclic) bond motifs is 1. The topological polar surface area (TPSA) is 33.2 Å². The Morgan fingerprint density at radius 2 is 2.32 bits per heavy atom. The highest BCUT2D eigenvalue weighted by atomic mass is 32.2. The maximum absolute atomic E-state index is 12.7. The number of hydrogen-bond acceptors (Lipinski definition) is 4. The Bertz CT molecular complexity index is 609. The summed E-state index contributed by atoms with van der Waals surface area (Å²) >= 11 is 1.86. The molecule has 3 rings (SSSR count). The highest BCUT2D eigenvalue weighted by Crippen LogP contribution is 2.23. The van der Waals surface area contributed by atoms with Gasteiger partial charge in [0, 0.05) is 41.4 Å². The number of aromatic nitrogens is 1. The molecule has 98 valence electrons. The van der Waals surface area contributed by atoms with Crippen LogP contribution in [-0.2, 0) is 0 Å². The molecular weight excluding hydrogens is 256 g/mol. The molecule has 0 N–H and O–H groups in total. The van der Waals surface area contributed by atoms with E-state index >= 15 is 0 Å². The number of rotatable bonds is 2. The van der Waals surface area contributed by atoms with Crippen LogP contribution in [0.4, 0.5) is 0 Å². The minimum absolute atomic E-state index is 0.00967. The molecule has 0 aliphatic carbocycles. The standard InChI is InChI=1S/C15H16N2OS/c1-17-7-8-19-10-14(17)15(18)12-4-2-3-11-5-6-16-9-13(11)12/h2-6,9,14H,7-8,10H2,1H3. The van der Waals surface area contributed by atoms with Crippen molar-refractivity contribution in [2.75, 3.05) is 25.1 Å². The molecule has 0 spiro atoms. The molecule has 19 heavy (non-hydrogen) atoms. The average Bonchev–Trinajstić information content (AvgIpc) is 2.46. The fourth-order valence-corrected chi connectivity index (χ4v) is 3.68. The van der Waals surface area contributed by atoms with Gasteiger partial charge in [0.1, 0.15) is 0 Å². The first-order valence-corrected chi connectivity index (χ1v) is 7.58. The Morgan fingerprint density at radius 3 is 3.16 bits per heavy atom. The molecule has 1 aromatic carbocycles. The minimum atomic E-state index is -0.00967. The summed E-state index contributed by atoms with van der Waals surface area (Å²) in [6, 6.07) is 7.83. The summed E-state index contributed by atoms with van der Waals surface area (Å²) < 4.78 is 0. The van der Waals surface area contributed by atoms with Crippen molar-refractivity contribution in [3.63, 3.8) is 0 Å². The van der Waals surface area contributed by atoms with Crippen LogP contribution < -0.4 is 0 Å². The Kier molecular flexibility index (Phi) is 3.53. The molecule has 1 fully saturated rings. The van der Waals surface area contributed by atoms with Crippen molar-refractivity contribution >= 4 is 28.3 Å². The van der Waals surface area contributed by atoms with Gasteiger partial charge in [-0.15, -0.1) is 0 Å². The Hall–Kier alpha value is -1.39. The number of likely N-dealkylation sites (N-methyl/N-ethyl adjacent to an activating group) is 1. The lowest BCUT2D eigenvalue weighted by molar-refractivity contribution is 0.0876. The van der Waals surface area contributed by atoms with E-state index in [1.807, 2.05) is 43.1 Å². The molecular formula is C15H16N2OS. The molecule has 1 atom stereocenters. The number of carbonyl (C=O) groups is 1. The van der Waals surface area contributed by atoms with Crippen LogP contribution in [0.1, 0.15) is 10.4 Å². The van der Waals surface area contributed by atoms with Crippen LogP contribution in [0.2, 0.25) is 0 Å². The number of Topliss-reactive ketones (excluding diaryl/α,β-unsaturated/α-hetero) is 1. The van der Waals surface area contributed by atoms with Gasteiger partial charge in [-0.05, 0) is 18.5 Å². The predicted octanol–water partition coefficient (Wildman–Crippen LogP) is 2.46. The summed E-state index contributed by atoms with van der Waals surface area (Å²) in [6.45, 7) is 0.976. The molecule has 1 aromatic heterocycles. The maximum atomic E-state index is 12.7. The first-order valence-electron chi connectivity index (χ1n) is 6.42. The fourth-order valence-electron chi connectivity index (χ4n) is 2.47. The van der Waals surface area contributed by atoms with Gasteiger partial charge in [-0.3, -0.25) is 14.7 Å². The molecule has 3 nitrogen and oxygen atoms in total. The van der Waals surface area contributed by atoms with E-state index in [2.05, 4.69) is 9.88 Å². The highest BCUT2D eigenvalue weighted by Gasteiger charge is 2.27. The minimum Gasteiger partial charge on any atom is -0.295 e. The normalized spacial score (nSPS) is 20.6. The summed E-state index contributed by atoms with van der Waals surface area (Å²) in [5, 5.41) is 2.03. The smallest absolute Gasteiger partial charge is 0.181 e. The molecule has 4 heteroatoms. The van der Waals surface area contributed by atoms with Crippen molar-refractivity contribution in [3.8, 4) is 0 Å². The molecule has 0 bridgehead atoms. The molecule has 2 aromatic rings. The first kappa shape index (κ1) is 12.6. The number of hydrogen-bond donors (Lipinski definition) is 0. The van der Waals surface area contributed by atoms with Crippen molar-refractivity contribution in [1.29, 1.82) is 0 Å². The zero-order chi connectivity index (χ0) is 13.2. The molecule has 1 aliphatic heterocycles. The number of nitrogens with zero attached hydrogens (tertiary/aromatic N) is 2. The van der Waals surface area contributed by atoms with E-state index in [1.54, 1.807) is 12.4 Å². The Labute approximate surface area is 117 Å². The lowest BCUT2D eigenvalue weighted by Gasteiger charge is -2.31. The van der Waals surface area contributed by atoms with Crippen LogP contribution in [0.5, 0.6) is 0 Å². The molecule has 0 saturated carbocycles. The van der Waals surface area contributed by atoms with Gasteiger partial charge in [0.15, 0.2) is 5.78 Å². The van der Waals surface area contributed by atoms with Gasteiger partial charge in [-0.1, -0.05) is 18.2 Å². The van der Waals surface area contributed by atoms with Gasteiger partial charge >= 0.3 is 0 Å². The molecule has 0 radical (unpaired) electrons.